The van der Waals surface area contributed by atoms with Crippen LogP contribution >= 0.6 is 0 Å². The van der Waals surface area contributed by atoms with Gasteiger partial charge >= 0.3 is 6.09 Å². The fraction of sp³-hybridized carbons (Fsp3) is 0.500. The van der Waals surface area contributed by atoms with Gasteiger partial charge < -0.3 is 21.1 Å². The molecular formula is C18H27N3O4. The second-order valence-corrected chi connectivity index (χ2v) is 6.56. The van der Waals surface area contributed by atoms with E-state index in [1.807, 2.05) is 30.3 Å². The molecule has 0 radical (unpaired) electrons. The van der Waals surface area contributed by atoms with Gasteiger partial charge in [0.15, 0.2) is 0 Å². The van der Waals surface area contributed by atoms with Gasteiger partial charge in [-0.05, 0) is 17.4 Å². The molecule has 0 aromatic heterocycles. The summed E-state index contributed by atoms with van der Waals surface area (Å²) in [6.45, 7) is 7.24. The van der Waals surface area contributed by atoms with E-state index in [-0.39, 0.29) is 18.4 Å². The second kappa shape index (κ2) is 9.66. The highest BCUT2D eigenvalue weighted by molar-refractivity contribution is 5.91. The number of alkyl carbamates (subject to hydrolysis) is 1. The van der Waals surface area contributed by atoms with E-state index in [0.29, 0.717) is 0 Å². The Kier molecular flexibility index (Phi) is 7.91. The van der Waals surface area contributed by atoms with Crippen molar-refractivity contribution in [3.63, 3.8) is 0 Å². The summed E-state index contributed by atoms with van der Waals surface area (Å²) in [5.41, 5.74) is 6.15. The van der Waals surface area contributed by atoms with Crippen molar-refractivity contribution < 1.29 is 19.1 Å². The van der Waals surface area contributed by atoms with E-state index in [1.165, 1.54) is 0 Å². The zero-order valence-corrected chi connectivity index (χ0v) is 15.1. The van der Waals surface area contributed by atoms with Crippen molar-refractivity contribution in [2.75, 3.05) is 0 Å². The largest absolute Gasteiger partial charge is 0.445 e. The third-order valence-electron chi connectivity index (χ3n) is 3.71. The normalized spacial score (nSPS) is 13.2. The SMILES string of the molecule is CC(C)[C@H](NC(=O)OCc1ccccc1)C(=O)N[C@@H](C(N)=O)C(C)C. The maximum absolute atomic E-state index is 12.4. The summed E-state index contributed by atoms with van der Waals surface area (Å²) in [5, 5.41) is 5.14. The molecule has 0 aliphatic rings. The Morgan fingerprint density at radius 2 is 1.52 bits per heavy atom. The van der Waals surface area contributed by atoms with Gasteiger partial charge in [0, 0.05) is 0 Å². The summed E-state index contributed by atoms with van der Waals surface area (Å²) in [6, 6.07) is 7.60. The van der Waals surface area contributed by atoms with Gasteiger partial charge in [0.1, 0.15) is 18.7 Å². The number of primary amides is 1. The van der Waals surface area contributed by atoms with E-state index >= 15 is 0 Å². The molecule has 3 amide bonds. The van der Waals surface area contributed by atoms with Crippen LogP contribution in [0.3, 0.4) is 0 Å². The van der Waals surface area contributed by atoms with Crippen LogP contribution in [0.2, 0.25) is 0 Å². The van der Waals surface area contributed by atoms with Crippen LogP contribution in [0.1, 0.15) is 33.3 Å². The third kappa shape index (κ3) is 6.82. The van der Waals surface area contributed by atoms with Crippen molar-refractivity contribution in [1.29, 1.82) is 0 Å². The summed E-state index contributed by atoms with van der Waals surface area (Å²) >= 11 is 0. The minimum Gasteiger partial charge on any atom is -0.445 e. The first kappa shape index (κ1) is 20.5. The number of nitrogens with one attached hydrogen (secondary N) is 2. The monoisotopic (exact) mass is 349 g/mol. The molecule has 1 aromatic rings. The van der Waals surface area contributed by atoms with E-state index in [9.17, 15) is 14.4 Å². The number of nitrogens with two attached hydrogens (primary N) is 1. The lowest BCUT2D eigenvalue weighted by Gasteiger charge is -2.25. The van der Waals surface area contributed by atoms with Gasteiger partial charge in [0.05, 0.1) is 0 Å². The Morgan fingerprint density at radius 1 is 0.960 bits per heavy atom. The number of hydrogen-bond donors (Lipinski definition) is 3. The molecule has 0 bridgehead atoms. The molecule has 0 unspecified atom stereocenters. The molecule has 0 heterocycles. The molecule has 0 saturated carbocycles. The molecule has 0 spiro atoms. The highest BCUT2D eigenvalue weighted by Crippen LogP contribution is 2.07. The number of rotatable bonds is 8. The average molecular weight is 349 g/mol. The topological polar surface area (TPSA) is 111 Å². The molecule has 1 rings (SSSR count). The first-order chi connectivity index (χ1) is 11.7. The number of benzene rings is 1. The minimum atomic E-state index is -0.830. The Hall–Kier alpha value is -2.57. The van der Waals surface area contributed by atoms with Crippen molar-refractivity contribution in [1.82, 2.24) is 10.6 Å². The zero-order valence-electron chi connectivity index (χ0n) is 15.1. The van der Waals surface area contributed by atoms with E-state index in [1.54, 1.807) is 27.7 Å². The molecule has 2 atom stereocenters. The molecule has 138 valence electrons. The van der Waals surface area contributed by atoms with E-state index < -0.39 is 30.0 Å². The molecule has 0 aliphatic heterocycles. The number of hydrogen-bond acceptors (Lipinski definition) is 4. The summed E-state index contributed by atoms with van der Waals surface area (Å²) in [7, 11) is 0. The average Bonchev–Trinajstić information content (AvgIpc) is 2.55. The fourth-order valence-electron chi connectivity index (χ4n) is 2.24. The highest BCUT2D eigenvalue weighted by Gasteiger charge is 2.29. The van der Waals surface area contributed by atoms with Crippen LogP contribution in [0.5, 0.6) is 0 Å². The molecule has 4 N–H and O–H groups in total. The van der Waals surface area contributed by atoms with Crippen LogP contribution in [0.4, 0.5) is 4.79 Å². The van der Waals surface area contributed by atoms with Gasteiger partial charge in [-0.25, -0.2) is 4.79 Å². The van der Waals surface area contributed by atoms with Gasteiger partial charge in [-0.15, -0.1) is 0 Å². The Morgan fingerprint density at radius 3 is 2.00 bits per heavy atom. The molecule has 7 heteroatoms. The molecule has 0 fully saturated rings. The number of carbonyl (C=O) groups is 3. The minimum absolute atomic E-state index is 0.106. The van der Waals surface area contributed by atoms with Crippen LogP contribution in [0.25, 0.3) is 0 Å². The predicted octanol–water partition coefficient (Wildman–Crippen LogP) is 1.56. The maximum Gasteiger partial charge on any atom is 0.408 e. The molecule has 0 aliphatic carbocycles. The summed E-state index contributed by atoms with van der Waals surface area (Å²) in [5.74, 6) is -1.43. The smallest absolute Gasteiger partial charge is 0.408 e. The van der Waals surface area contributed by atoms with Gasteiger partial charge in [0.2, 0.25) is 11.8 Å². The lowest BCUT2D eigenvalue weighted by molar-refractivity contribution is -0.130. The van der Waals surface area contributed by atoms with Crippen molar-refractivity contribution in [2.45, 2.75) is 46.4 Å². The fourth-order valence-corrected chi connectivity index (χ4v) is 2.24. The summed E-state index contributed by atoms with van der Waals surface area (Å²) in [6.07, 6.45) is -0.696. The van der Waals surface area contributed by atoms with Gasteiger partial charge in [-0.2, -0.15) is 0 Å². The number of carbonyl (C=O) groups excluding carboxylic acids is 3. The Balaban J connectivity index is 2.64. The first-order valence-electron chi connectivity index (χ1n) is 8.29. The standard InChI is InChI=1S/C18H27N3O4/c1-11(2)14(16(19)22)20-17(23)15(12(3)4)21-18(24)25-10-13-8-6-5-7-9-13/h5-9,11-12,14-15H,10H2,1-4H3,(H2,19,22)(H,20,23)(H,21,24)/t14-,15+/m1/s1. The van der Waals surface area contributed by atoms with Crippen LogP contribution in [0.15, 0.2) is 30.3 Å². The molecule has 25 heavy (non-hydrogen) atoms. The Bertz CT molecular complexity index is 587. The van der Waals surface area contributed by atoms with E-state index in [0.717, 1.165) is 5.56 Å². The highest BCUT2D eigenvalue weighted by atomic mass is 16.5. The van der Waals surface area contributed by atoms with Crippen molar-refractivity contribution in [2.24, 2.45) is 17.6 Å². The first-order valence-corrected chi connectivity index (χ1v) is 8.29. The van der Waals surface area contributed by atoms with Crippen molar-refractivity contribution in [3.05, 3.63) is 35.9 Å². The van der Waals surface area contributed by atoms with Gasteiger partial charge in [-0.1, -0.05) is 58.0 Å². The van der Waals surface area contributed by atoms with E-state index in [2.05, 4.69) is 10.6 Å². The van der Waals surface area contributed by atoms with Crippen molar-refractivity contribution >= 4 is 17.9 Å². The van der Waals surface area contributed by atoms with Gasteiger partial charge in [-0.3, -0.25) is 9.59 Å². The molecule has 0 saturated heterocycles. The lowest BCUT2D eigenvalue weighted by atomic mass is 10.00. The van der Waals surface area contributed by atoms with Crippen LogP contribution in [-0.2, 0) is 20.9 Å². The molecule has 7 nitrogen and oxygen atoms in total. The summed E-state index contributed by atoms with van der Waals surface area (Å²) < 4.78 is 5.14. The van der Waals surface area contributed by atoms with Crippen molar-refractivity contribution in [3.8, 4) is 0 Å². The Labute approximate surface area is 148 Å². The third-order valence-corrected chi connectivity index (χ3v) is 3.71. The van der Waals surface area contributed by atoms with Crippen LogP contribution < -0.4 is 16.4 Å². The number of ether oxygens (including phenoxy) is 1. The van der Waals surface area contributed by atoms with E-state index in [4.69, 9.17) is 10.5 Å². The van der Waals surface area contributed by atoms with Crippen LogP contribution in [0, 0.1) is 11.8 Å². The second-order valence-electron chi connectivity index (χ2n) is 6.56. The quantitative estimate of drug-likeness (QED) is 0.661. The van der Waals surface area contributed by atoms with Crippen LogP contribution in [-0.4, -0.2) is 30.0 Å². The molecular weight excluding hydrogens is 322 g/mol. The lowest BCUT2D eigenvalue weighted by Crippen LogP contribution is -2.56. The van der Waals surface area contributed by atoms with Gasteiger partial charge in [0.25, 0.3) is 0 Å². The zero-order chi connectivity index (χ0) is 19.0. The maximum atomic E-state index is 12.4. The molecule has 1 aromatic carbocycles. The summed E-state index contributed by atoms with van der Waals surface area (Å²) in [4.78, 5) is 35.9. The predicted molar refractivity (Wildman–Crippen MR) is 94.4 cm³/mol. The number of amides is 3.